The SMILES string of the molecule is CC.CNc1ccc2c(c1C(=N)C(=O)NCc1ccc(Cl)cc1)CCC2=O. The zero-order valence-electron chi connectivity index (χ0n) is 15.8. The number of anilines is 1. The number of hydrogen-bond donors (Lipinski definition) is 3. The van der Waals surface area contributed by atoms with Crippen LogP contribution in [0.3, 0.4) is 0 Å². The molecule has 2 aromatic rings. The summed E-state index contributed by atoms with van der Waals surface area (Å²) in [5.41, 5.74) is 3.35. The van der Waals surface area contributed by atoms with Crippen molar-refractivity contribution < 1.29 is 9.59 Å². The van der Waals surface area contributed by atoms with E-state index in [-0.39, 0.29) is 11.5 Å². The lowest BCUT2D eigenvalue weighted by Gasteiger charge is -2.15. The van der Waals surface area contributed by atoms with Crippen molar-refractivity contribution in [1.29, 1.82) is 5.41 Å². The zero-order valence-corrected chi connectivity index (χ0v) is 16.5. The molecule has 0 atom stereocenters. The number of hydrogen-bond acceptors (Lipinski definition) is 4. The highest BCUT2D eigenvalue weighted by atomic mass is 35.5. The molecular weight excluding hydrogens is 362 g/mol. The highest BCUT2D eigenvalue weighted by molar-refractivity contribution is 6.45. The molecular formula is C21H24ClN3O2. The summed E-state index contributed by atoms with van der Waals surface area (Å²) in [4.78, 5) is 24.4. The van der Waals surface area contributed by atoms with Crippen LogP contribution < -0.4 is 10.6 Å². The van der Waals surface area contributed by atoms with Gasteiger partial charge in [0.15, 0.2) is 5.78 Å². The minimum Gasteiger partial charge on any atom is -0.388 e. The fraction of sp³-hybridized carbons (Fsp3) is 0.286. The Hall–Kier alpha value is -2.66. The minimum atomic E-state index is -0.473. The minimum absolute atomic E-state index is 0.0632. The monoisotopic (exact) mass is 385 g/mol. The summed E-state index contributed by atoms with van der Waals surface area (Å²) in [5, 5.41) is 14.7. The summed E-state index contributed by atoms with van der Waals surface area (Å²) in [6.45, 7) is 4.31. The summed E-state index contributed by atoms with van der Waals surface area (Å²) in [5.74, 6) is -0.410. The zero-order chi connectivity index (χ0) is 20.0. The predicted molar refractivity (Wildman–Crippen MR) is 110 cm³/mol. The third-order valence-electron chi connectivity index (χ3n) is 4.33. The molecule has 0 fully saturated rings. The molecule has 0 aromatic heterocycles. The van der Waals surface area contributed by atoms with Crippen LogP contribution in [0.5, 0.6) is 0 Å². The Morgan fingerprint density at radius 2 is 1.78 bits per heavy atom. The van der Waals surface area contributed by atoms with Gasteiger partial charge < -0.3 is 10.6 Å². The lowest BCUT2D eigenvalue weighted by Crippen LogP contribution is -2.31. The number of Topliss-reactive ketones (excluding diaryl/α,β-unsaturated/α-hetero) is 1. The number of fused-ring (bicyclic) bond motifs is 1. The first kappa shape index (κ1) is 20.6. The Morgan fingerprint density at radius 1 is 1.11 bits per heavy atom. The number of carbonyl (C=O) groups is 2. The van der Waals surface area contributed by atoms with E-state index in [0.29, 0.717) is 41.2 Å². The molecule has 0 spiro atoms. The van der Waals surface area contributed by atoms with E-state index in [2.05, 4.69) is 10.6 Å². The highest BCUT2D eigenvalue weighted by Crippen LogP contribution is 2.31. The van der Waals surface area contributed by atoms with Gasteiger partial charge in [0, 0.05) is 41.9 Å². The van der Waals surface area contributed by atoms with Gasteiger partial charge in [-0.2, -0.15) is 0 Å². The molecule has 1 amide bonds. The van der Waals surface area contributed by atoms with E-state index < -0.39 is 5.91 Å². The number of benzene rings is 2. The lowest BCUT2D eigenvalue weighted by atomic mass is 9.96. The van der Waals surface area contributed by atoms with Crippen LogP contribution >= 0.6 is 11.6 Å². The topological polar surface area (TPSA) is 82.1 Å². The average molecular weight is 386 g/mol. The number of halogens is 1. The highest BCUT2D eigenvalue weighted by Gasteiger charge is 2.27. The van der Waals surface area contributed by atoms with Crippen molar-refractivity contribution in [3.63, 3.8) is 0 Å². The number of nitrogens with one attached hydrogen (secondary N) is 3. The quantitative estimate of drug-likeness (QED) is 0.674. The summed E-state index contributed by atoms with van der Waals surface area (Å²) < 4.78 is 0. The molecule has 0 bridgehead atoms. The predicted octanol–water partition coefficient (Wildman–Crippen LogP) is 4.22. The van der Waals surface area contributed by atoms with Crippen LogP contribution in [0.15, 0.2) is 36.4 Å². The van der Waals surface area contributed by atoms with Crippen molar-refractivity contribution in [3.05, 3.63) is 63.7 Å². The Labute approximate surface area is 164 Å². The van der Waals surface area contributed by atoms with Gasteiger partial charge in [0.25, 0.3) is 5.91 Å². The molecule has 3 N–H and O–H groups in total. The van der Waals surface area contributed by atoms with E-state index in [9.17, 15) is 9.59 Å². The van der Waals surface area contributed by atoms with E-state index >= 15 is 0 Å². The van der Waals surface area contributed by atoms with Crippen molar-refractivity contribution in [3.8, 4) is 0 Å². The molecule has 0 heterocycles. The van der Waals surface area contributed by atoms with Gasteiger partial charge in [0.2, 0.25) is 0 Å². The second-order valence-corrected chi connectivity index (χ2v) is 6.31. The molecule has 0 radical (unpaired) electrons. The van der Waals surface area contributed by atoms with Crippen LogP contribution in [0, 0.1) is 5.41 Å². The maximum Gasteiger partial charge on any atom is 0.270 e. The molecule has 0 aliphatic heterocycles. The first-order chi connectivity index (χ1) is 13.0. The van der Waals surface area contributed by atoms with E-state index in [1.807, 2.05) is 26.0 Å². The van der Waals surface area contributed by atoms with Crippen LogP contribution in [0.2, 0.25) is 5.02 Å². The van der Waals surface area contributed by atoms with Crippen molar-refractivity contribution >= 4 is 34.7 Å². The maximum absolute atomic E-state index is 12.5. The molecule has 27 heavy (non-hydrogen) atoms. The molecule has 0 unspecified atom stereocenters. The van der Waals surface area contributed by atoms with E-state index in [0.717, 1.165) is 11.1 Å². The third-order valence-corrected chi connectivity index (χ3v) is 4.58. The number of amides is 1. The Balaban J connectivity index is 0.00000126. The average Bonchev–Trinajstić information content (AvgIpc) is 3.08. The second kappa shape index (κ2) is 9.33. The lowest BCUT2D eigenvalue weighted by molar-refractivity contribution is -0.114. The fourth-order valence-electron chi connectivity index (χ4n) is 3.02. The standard InChI is InChI=1S/C19H18ClN3O2.C2H6/c1-22-15-8-6-13-14(7-9-16(13)24)17(15)18(21)19(25)23-10-11-2-4-12(20)5-3-11;1-2/h2-6,8,21-22H,7,9-10H2,1H3,(H,23,25);1-2H3. The van der Waals surface area contributed by atoms with Crippen LogP contribution in [0.4, 0.5) is 5.69 Å². The summed E-state index contributed by atoms with van der Waals surface area (Å²) in [6.07, 6.45) is 0.987. The van der Waals surface area contributed by atoms with Gasteiger partial charge >= 0.3 is 0 Å². The maximum atomic E-state index is 12.5. The second-order valence-electron chi connectivity index (χ2n) is 5.87. The van der Waals surface area contributed by atoms with E-state index in [1.165, 1.54) is 0 Å². The van der Waals surface area contributed by atoms with Crippen molar-refractivity contribution in [2.24, 2.45) is 0 Å². The number of ketones is 1. The molecule has 0 saturated carbocycles. The van der Waals surface area contributed by atoms with Gasteiger partial charge in [-0.3, -0.25) is 15.0 Å². The van der Waals surface area contributed by atoms with E-state index in [4.69, 9.17) is 17.0 Å². The van der Waals surface area contributed by atoms with Crippen LogP contribution in [0.1, 0.15) is 47.3 Å². The third kappa shape index (κ3) is 4.55. The number of rotatable bonds is 5. The van der Waals surface area contributed by atoms with Gasteiger partial charge in [0.1, 0.15) is 5.71 Å². The molecule has 0 saturated heterocycles. The molecule has 2 aromatic carbocycles. The molecule has 1 aliphatic rings. The summed E-state index contributed by atoms with van der Waals surface area (Å²) in [7, 11) is 1.74. The van der Waals surface area contributed by atoms with Crippen molar-refractivity contribution in [2.75, 3.05) is 12.4 Å². The smallest absolute Gasteiger partial charge is 0.270 e. The molecule has 5 nitrogen and oxygen atoms in total. The first-order valence-corrected chi connectivity index (χ1v) is 9.37. The summed E-state index contributed by atoms with van der Waals surface area (Å²) in [6, 6.07) is 10.7. The van der Waals surface area contributed by atoms with Crippen LogP contribution in [-0.2, 0) is 17.8 Å². The number of carbonyl (C=O) groups excluding carboxylic acids is 2. The van der Waals surface area contributed by atoms with Gasteiger partial charge in [-0.1, -0.05) is 37.6 Å². The summed E-state index contributed by atoms with van der Waals surface area (Å²) >= 11 is 5.85. The van der Waals surface area contributed by atoms with Crippen LogP contribution in [-0.4, -0.2) is 24.4 Å². The Morgan fingerprint density at radius 3 is 2.41 bits per heavy atom. The molecule has 142 valence electrons. The fourth-order valence-corrected chi connectivity index (χ4v) is 3.15. The van der Waals surface area contributed by atoms with Crippen LogP contribution in [0.25, 0.3) is 0 Å². The molecule has 6 heteroatoms. The van der Waals surface area contributed by atoms with Gasteiger partial charge in [-0.25, -0.2) is 0 Å². The van der Waals surface area contributed by atoms with E-state index in [1.54, 1.807) is 31.3 Å². The molecule has 3 rings (SSSR count). The first-order valence-electron chi connectivity index (χ1n) is 8.99. The van der Waals surface area contributed by atoms with Crippen molar-refractivity contribution in [2.45, 2.75) is 33.2 Å². The Kier molecular flexibility index (Phi) is 7.13. The van der Waals surface area contributed by atoms with Crippen molar-refractivity contribution in [1.82, 2.24) is 5.32 Å². The van der Waals surface area contributed by atoms with Gasteiger partial charge in [-0.15, -0.1) is 0 Å². The van der Waals surface area contributed by atoms with Gasteiger partial charge in [0.05, 0.1) is 0 Å². The normalized spacial score (nSPS) is 11.9. The van der Waals surface area contributed by atoms with Gasteiger partial charge in [-0.05, 0) is 41.8 Å². The molecule has 1 aliphatic carbocycles. The Bertz CT molecular complexity index is 860. The largest absolute Gasteiger partial charge is 0.388 e.